The Kier molecular flexibility index (Phi) is 4.67. The number of nitrogens with zero attached hydrogens (tertiary/aromatic N) is 1. The maximum Gasteiger partial charge on any atom is 0.416 e. The quantitative estimate of drug-likeness (QED) is 0.741. The largest absolute Gasteiger partial charge is 0.416 e. The van der Waals surface area contributed by atoms with Crippen LogP contribution < -0.4 is 0 Å². The van der Waals surface area contributed by atoms with Gasteiger partial charge in [0.2, 0.25) is 5.91 Å². The molecule has 2 aliphatic carbocycles. The van der Waals surface area contributed by atoms with E-state index in [1.165, 1.54) is 24.2 Å². The van der Waals surface area contributed by atoms with E-state index in [9.17, 15) is 18.0 Å². The number of morpholine rings is 1. The Hall–Kier alpha value is -0.780. The summed E-state index contributed by atoms with van der Waals surface area (Å²) in [5, 5.41) is 0. The van der Waals surface area contributed by atoms with E-state index in [0.717, 1.165) is 25.7 Å². The normalized spacial score (nSPS) is 36.8. The summed E-state index contributed by atoms with van der Waals surface area (Å²) in [7, 11) is 0. The number of ether oxygens (including phenoxy) is 1. The molecule has 4 atom stereocenters. The number of halogens is 3. The summed E-state index contributed by atoms with van der Waals surface area (Å²) in [4.78, 5) is 14.2. The van der Waals surface area contributed by atoms with Crippen molar-refractivity contribution in [2.75, 3.05) is 19.7 Å². The zero-order valence-electron chi connectivity index (χ0n) is 12.8. The molecular weight excluding hydrogens is 295 g/mol. The predicted molar refractivity (Wildman–Crippen MR) is 75.2 cm³/mol. The highest BCUT2D eigenvalue weighted by Crippen LogP contribution is 2.44. The Morgan fingerprint density at radius 1 is 1.05 bits per heavy atom. The predicted octanol–water partition coefficient (Wildman–Crippen LogP) is 3.38. The number of hydrogen-bond donors (Lipinski definition) is 0. The average Bonchev–Trinajstić information content (AvgIpc) is 2.53. The first kappa shape index (κ1) is 16.1. The second-order valence-electron chi connectivity index (χ2n) is 6.93. The molecule has 0 spiro atoms. The van der Waals surface area contributed by atoms with Gasteiger partial charge in [-0.05, 0) is 24.7 Å². The van der Waals surface area contributed by atoms with Crippen molar-refractivity contribution in [3.63, 3.8) is 0 Å². The lowest BCUT2D eigenvalue weighted by molar-refractivity contribution is -0.237. The minimum atomic E-state index is -4.39. The molecule has 3 aliphatic rings. The Morgan fingerprint density at radius 2 is 1.77 bits per heavy atom. The number of carbonyl (C=O) groups is 1. The lowest BCUT2D eigenvalue weighted by Crippen LogP contribution is -2.54. The van der Waals surface area contributed by atoms with Crippen molar-refractivity contribution in [2.45, 2.75) is 57.2 Å². The number of hydrogen-bond acceptors (Lipinski definition) is 2. The molecular formula is C16H24F3NO2. The van der Waals surface area contributed by atoms with Gasteiger partial charge in [0.25, 0.3) is 0 Å². The van der Waals surface area contributed by atoms with Gasteiger partial charge in [0.1, 0.15) is 0 Å². The smallest absolute Gasteiger partial charge is 0.365 e. The van der Waals surface area contributed by atoms with Crippen LogP contribution in [0.2, 0.25) is 0 Å². The molecule has 3 nitrogen and oxygen atoms in total. The molecule has 0 bridgehead atoms. The molecule has 0 radical (unpaired) electrons. The van der Waals surface area contributed by atoms with E-state index in [1.54, 1.807) is 0 Å². The monoisotopic (exact) mass is 319 g/mol. The van der Waals surface area contributed by atoms with Crippen molar-refractivity contribution in [1.29, 1.82) is 0 Å². The van der Waals surface area contributed by atoms with E-state index in [-0.39, 0.29) is 25.0 Å². The number of fused-ring (bicyclic) bond motifs is 1. The summed E-state index contributed by atoms with van der Waals surface area (Å²) in [6.07, 6.45) is 1.47. The Morgan fingerprint density at radius 3 is 2.55 bits per heavy atom. The second-order valence-corrected chi connectivity index (χ2v) is 6.93. The molecule has 22 heavy (non-hydrogen) atoms. The minimum absolute atomic E-state index is 0.0171. The summed E-state index contributed by atoms with van der Waals surface area (Å²) < 4.78 is 43.3. The zero-order valence-corrected chi connectivity index (χ0v) is 12.8. The van der Waals surface area contributed by atoms with Crippen LogP contribution in [0.4, 0.5) is 13.2 Å². The molecule has 1 aliphatic heterocycles. The number of carbonyl (C=O) groups excluding carboxylic acids is 1. The zero-order chi connectivity index (χ0) is 15.7. The highest BCUT2D eigenvalue weighted by atomic mass is 19.4. The number of rotatable bonds is 1. The third kappa shape index (κ3) is 3.26. The summed E-state index contributed by atoms with van der Waals surface area (Å²) >= 11 is 0. The van der Waals surface area contributed by atoms with Crippen LogP contribution in [0.25, 0.3) is 0 Å². The lowest BCUT2D eigenvalue weighted by Gasteiger charge is -2.43. The lowest BCUT2D eigenvalue weighted by atomic mass is 9.65. The van der Waals surface area contributed by atoms with Crippen LogP contribution in [-0.2, 0) is 9.53 Å². The van der Waals surface area contributed by atoms with Crippen LogP contribution in [-0.4, -0.2) is 42.8 Å². The Bertz CT molecular complexity index is 411. The van der Waals surface area contributed by atoms with E-state index in [4.69, 9.17) is 4.74 Å². The van der Waals surface area contributed by atoms with Crippen molar-refractivity contribution in [2.24, 2.45) is 17.8 Å². The van der Waals surface area contributed by atoms with Gasteiger partial charge in [0.15, 0.2) is 6.10 Å². The minimum Gasteiger partial charge on any atom is -0.365 e. The molecule has 6 heteroatoms. The highest BCUT2D eigenvalue weighted by molar-refractivity contribution is 5.79. The molecule has 3 fully saturated rings. The van der Waals surface area contributed by atoms with E-state index < -0.39 is 12.3 Å². The molecule has 126 valence electrons. The van der Waals surface area contributed by atoms with E-state index >= 15 is 0 Å². The van der Waals surface area contributed by atoms with Crippen LogP contribution in [0, 0.1) is 17.8 Å². The number of amides is 1. The maximum atomic E-state index is 12.8. The molecule has 2 saturated carbocycles. The van der Waals surface area contributed by atoms with Crippen molar-refractivity contribution in [3.8, 4) is 0 Å². The third-order valence-corrected chi connectivity index (χ3v) is 5.64. The first-order valence-electron chi connectivity index (χ1n) is 8.44. The molecule has 1 amide bonds. The Labute approximate surface area is 129 Å². The number of alkyl halides is 3. The van der Waals surface area contributed by atoms with Crippen LogP contribution in [0.1, 0.15) is 44.9 Å². The average molecular weight is 319 g/mol. The van der Waals surface area contributed by atoms with E-state index in [1.807, 2.05) is 0 Å². The fourth-order valence-corrected chi connectivity index (χ4v) is 4.53. The topological polar surface area (TPSA) is 29.5 Å². The van der Waals surface area contributed by atoms with Gasteiger partial charge in [0, 0.05) is 12.5 Å². The van der Waals surface area contributed by atoms with Crippen molar-refractivity contribution in [1.82, 2.24) is 4.90 Å². The van der Waals surface area contributed by atoms with Crippen LogP contribution in [0.15, 0.2) is 0 Å². The molecule has 0 aromatic carbocycles. The van der Waals surface area contributed by atoms with Gasteiger partial charge in [-0.25, -0.2) is 0 Å². The van der Waals surface area contributed by atoms with Crippen molar-refractivity contribution >= 4 is 5.91 Å². The van der Waals surface area contributed by atoms with Crippen LogP contribution in [0.5, 0.6) is 0 Å². The molecule has 1 saturated heterocycles. The van der Waals surface area contributed by atoms with Gasteiger partial charge in [0.05, 0.1) is 13.2 Å². The van der Waals surface area contributed by atoms with Gasteiger partial charge in [-0.15, -0.1) is 0 Å². The van der Waals surface area contributed by atoms with Crippen molar-refractivity contribution in [3.05, 3.63) is 0 Å². The Balaban J connectivity index is 1.67. The van der Waals surface area contributed by atoms with Crippen LogP contribution in [0.3, 0.4) is 0 Å². The van der Waals surface area contributed by atoms with Gasteiger partial charge < -0.3 is 9.64 Å². The summed E-state index contributed by atoms with van der Waals surface area (Å²) in [6.45, 7) is -0.0632. The van der Waals surface area contributed by atoms with Crippen molar-refractivity contribution < 1.29 is 22.7 Å². The second kappa shape index (κ2) is 6.38. The maximum absolute atomic E-state index is 12.8. The first-order chi connectivity index (χ1) is 10.5. The van der Waals surface area contributed by atoms with Gasteiger partial charge in [-0.1, -0.05) is 32.1 Å². The molecule has 4 unspecified atom stereocenters. The van der Waals surface area contributed by atoms with Gasteiger partial charge >= 0.3 is 6.18 Å². The van der Waals surface area contributed by atoms with E-state index in [2.05, 4.69) is 0 Å². The summed E-state index contributed by atoms with van der Waals surface area (Å²) in [6, 6.07) is 0. The van der Waals surface area contributed by atoms with Gasteiger partial charge in [-0.3, -0.25) is 4.79 Å². The molecule has 0 N–H and O–H groups in total. The fourth-order valence-electron chi connectivity index (χ4n) is 4.53. The van der Waals surface area contributed by atoms with Gasteiger partial charge in [-0.2, -0.15) is 13.2 Å². The van der Waals surface area contributed by atoms with E-state index in [0.29, 0.717) is 18.4 Å². The first-order valence-corrected chi connectivity index (χ1v) is 8.44. The molecule has 1 heterocycles. The highest BCUT2D eigenvalue weighted by Gasteiger charge is 2.46. The summed E-state index contributed by atoms with van der Waals surface area (Å²) in [5.41, 5.74) is 0. The molecule has 3 rings (SSSR count). The fraction of sp³-hybridized carbons (Fsp3) is 0.938. The standard InChI is InChI=1S/C16H24F3NO2/c17-16(18,19)14-10-20(8-9-22-14)15(21)13-7-3-5-11-4-1-2-6-12(11)13/h11-14H,1-10H2. The SMILES string of the molecule is O=C(C1CCCC2CCCCC21)N1CCOC(C(F)(F)F)C1. The third-order valence-electron chi connectivity index (χ3n) is 5.64. The summed E-state index contributed by atoms with van der Waals surface area (Å²) in [5.74, 6) is 0.873. The molecule has 0 aromatic rings. The van der Waals surface area contributed by atoms with Crippen LogP contribution >= 0.6 is 0 Å². The molecule has 0 aromatic heterocycles.